The molecule has 2 fully saturated rings. The number of imide groups is 1. The fraction of sp³-hybridized carbons (Fsp3) is 0.385. The summed E-state index contributed by atoms with van der Waals surface area (Å²) in [4.78, 5) is 54.2. The van der Waals surface area contributed by atoms with E-state index in [2.05, 4.69) is 10.6 Å². The van der Waals surface area contributed by atoms with E-state index in [-0.39, 0.29) is 37.0 Å². The van der Waals surface area contributed by atoms with Gasteiger partial charge in [0.15, 0.2) is 0 Å². The van der Waals surface area contributed by atoms with Crippen LogP contribution in [0.4, 0.5) is 15.3 Å². The molecular formula is C26H27ClN4O5. The molecule has 1 aliphatic carbocycles. The van der Waals surface area contributed by atoms with Gasteiger partial charge in [0.2, 0.25) is 11.5 Å². The van der Waals surface area contributed by atoms with Gasteiger partial charge < -0.3 is 20.3 Å². The second-order valence-corrected chi connectivity index (χ2v) is 9.89. The Bertz CT molecular complexity index is 1250. The third kappa shape index (κ3) is 3.97. The molecule has 0 bridgehead atoms. The van der Waals surface area contributed by atoms with Crippen molar-refractivity contribution in [3.63, 3.8) is 0 Å². The van der Waals surface area contributed by atoms with Crippen molar-refractivity contribution in [1.82, 2.24) is 15.1 Å². The first kappa shape index (κ1) is 24.1. The number of anilines is 1. The van der Waals surface area contributed by atoms with E-state index in [1.807, 2.05) is 19.1 Å². The summed E-state index contributed by atoms with van der Waals surface area (Å²) in [5.41, 5.74) is 1.51. The predicted octanol–water partition coefficient (Wildman–Crippen LogP) is 3.96. The zero-order valence-electron chi connectivity index (χ0n) is 20.0. The average molecular weight is 511 g/mol. The quantitative estimate of drug-likeness (QED) is 0.647. The van der Waals surface area contributed by atoms with Crippen LogP contribution in [0.25, 0.3) is 0 Å². The van der Waals surface area contributed by atoms with Crippen LogP contribution in [-0.2, 0) is 26.3 Å². The van der Waals surface area contributed by atoms with Crippen LogP contribution in [0.3, 0.4) is 0 Å². The van der Waals surface area contributed by atoms with E-state index in [0.717, 1.165) is 28.9 Å². The molecule has 2 N–H and O–H groups in total. The van der Waals surface area contributed by atoms with Crippen LogP contribution in [0.1, 0.15) is 48.9 Å². The number of likely N-dealkylation sites (tertiary alicyclic amines) is 1. The number of carbonyl (C=O) groups is 4. The highest BCUT2D eigenvalue weighted by atomic mass is 35.5. The number of hydrogen-bond donors (Lipinski definition) is 2. The van der Waals surface area contributed by atoms with Crippen LogP contribution in [0, 0.1) is 0 Å². The average Bonchev–Trinajstić information content (AvgIpc) is 3.49. The second-order valence-electron chi connectivity index (χ2n) is 9.46. The van der Waals surface area contributed by atoms with Gasteiger partial charge in [-0.15, -0.1) is 0 Å². The van der Waals surface area contributed by atoms with Crippen LogP contribution in [-0.4, -0.2) is 53.4 Å². The first-order chi connectivity index (χ1) is 17.2. The van der Waals surface area contributed by atoms with Gasteiger partial charge in [0.25, 0.3) is 5.91 Å². The standard InChI is InChI=1S/C26H27ClN4O5/c1-15-3-10-21(16-4-6-18(27)7-5-16)31(15)22(32)14-30-23(33)26(36-25(30)35)12-11-17-13-19(8-9-20(17)26)29-24(34)28-2/h4-9,13,15,21H,3,10-12,14H2,1-2H3,(H2,28,29,34)/t15-,21+,26-/m1/s1. The maximum absolute atomic E-state index is 13.5. The fourth-order valence-electron chi connectivity index (χ4n) is 5.56. The second kappa shape index (κ2) is 9.13. The molecule has 0 unspecified atom stereocenters. The molecule has 0 saturated carbocycles. The zero-order chi connectivity index (χ0) is 25.6. The molecule has 9 nitrogen and oxygen atoms in total. The predicted molar refractivity (Wildman–Crippen MR) is 132 cm³/mol. The minimum absolute atomic E-state index is 0.0284. The molecular weight excluding hydrogens is 484 g/mol. The summed E-state index contributed by atoms with van der Waals surface area (Å²) in [7, 11) is 1.52. The lowest BCUT2D eigenvalue weighted by molar-refractivity contribution is -0.143. The number of nitrogens with one attached hydrogen (secondary N) is 2. The summed E-state index contributed by atoms with van der Waals surface area (Å²) in [5, 5.41) is 5.80. The van der Waals surface area contributed by atoms with Gasteiger partial charge in [-0.3, -0.25) is 9.59 Å². The highest BCUT2D eigenvalue weighted by molar-refractivity contribution is 6.30. The normalized spacial score (nSPS) is 24.8. The summed E-state index contributed by atoms with van der Waals surface area (Å²) < 4.78 is 5.67. The molecule has 2 aromatic carbocycles. The Balaban J connectivity index is 1.35. The van der Waals surface area contributed by atoms with Gasteiger partial charge >= 0.3 is 12.1 Å². The highest BCUT2D eigenvalue weighted by Gasteiger charge is 2.58. The number of hydrogen-bond acceptors (Lipinski definition) is 5. The molecule has 2 aliphatic heterocycles. The van der Waals surface area contributed by atoms with Crippen LogP contribution in [0.5, 0.6) is 0 Å². The number of nitrogens with zero attached hydrogens (tertiary/aromatic N) is 2. The van der Waals surface area contributed by atoms with Crippen LogP contribution in [0.2, 0.25) is 5.02 Å². The maximum Gasteiger partial charge on any atom is 0.418 e. The minimum Gasteiger partial charge on any atom is -0.427 e. The highest BCUT2D eigenvalue weighted by Crippen LogP contribution is 2.46. The van der Waals surface area contributed by atoms with Gasteiger partial charge in [-0.05, 0) is 61.6 Å². The van der Waals surface area contributed by atoms with E-state index in [0.29, 0.717) is 22.7 Å². The third-order valence-electron chi connectivity index (χ3n) is 7.35. The topological polar surface area (TPSA) is 108 Å². The summed E-state index contributed by atoms with van der Waals surface area (Å²) in [6, 6.07) is 12.0. The van der Waals surface area contributed by atoms with E-state index in [4.69, 9.17) is 16.3 Å². The molecule has 0 radical (unpaired) electrons. The SMILES string of the molecule is CNC(=O)Nc1ccc2c(c1)CC[C@@]21OC(=O)N(CC(=O)N2[C@H](C)CC[C@H]2c2ccc(Cl)cc2)C1=O. The number of carbonyl (C=O) groups excluding carboxylic acids is 4. The molecule has 2 saturated heterocycles. The molecule has 5 rings (SSSR count). The summed E-state index contributed by atoms with van der Waals surface area (Å²) in [6.07, 6.45) is 1.58. The van der Waals surface area contributed by atoms with Crippen molar-refractivity contribution in [2.75, 3.05) is 18.9 Å². The number of aryl methyl sites for hydroxylation is 1. The number of ether oxygens (including phenoxy) is 1. The van der Waals surface area contributed by atoms with E-state index in [1.54, 1.807) is 35.2 Å². The van der Waals surface area contributed by atoms with E-state index < -0.39 is 17.6 Å². The molecule has 2 heterocycles. The Morgan fingerprint density at radius 1 is 1.14 bits per heavy atom. The summed E-state index contributed by atoms with van der Waals surface area (Å²) in [5.74, 6) is -0.827. The Kier molecular flexibility index (Phi) is 6.12. The van der Waals surface area contributed by atoms with Gasteiger partial charge in [0, 0.05) is 35.8 Å². The minimum atomic E-state index is -1.44. The molecule has 10 heteroatoms. The van der Waals surface area contributed by atoms with Gasteiger partial charge in [0.05, 0.1) is 6.04 Å². The van der Waals surface area contributed by atoms with Crippen molar-refractivity contribution in [3.05, 3.63) is 64.2 Å². The summed E-state index contributed by atoms with van der Waals surface area (Å²) >= 11 is 6.03. The van der Waals surface area contributed by atoms with Crippen molar-refractivity contribution in [3.8, 4) is 0 Å². The Labute approximate surface area is 213 Å². The van der Waals surface area contributed by atoms with Gasteiger partial charge in [0.1, 0.15) is 6.54 Å². The molecule has 1 spiro atoms. The van der Waals surface area contributed by atoms with E-state index >= 15 is 0 Å². The van der Waals surface area contributed by atoms with Gasteiger partial charge in [-0.25, -0.2) is 14.5 Å². The lowest BCUT2D eigenvalue weighted by Gasteiger charge is -2.30. The van der Waals surface area contributed by atoms with Crippen molar-refractivity contribution in [2.45, 2.75) is 50.3 Å². The molecule has 3 aliphatic rings. The number of benzene rings is 2. The van der Waals surface area contributed by atoms with Gasteiger partial charge in [-0.1, -0.05) is 29.8 Å². The van der Waals surface area contributed by atoms with Crippen molar-refractivity contribution >= 4 is 41.2 Å². The van der Waals surface area contributed by atoms with Crippen LogP contribution in [0.15, 0.2) is 42.5 Å². The van der Waals surface area contributed by atoms with Crippen LogP contribution >= 0.6 is 11.6 Å². The number of amides is 5. The zero-order valence-corrected chi connectivity index (χ0v) is 20.8. The number of fused-ring (bicyclic) bond motifs is 2. The smallest absolute Gasteiger partial charge is 0.418 e. The van der Waals surface area contributed by atoms with Crippen LogP contribution < -0.4 is 10.6 Å². The molecule has 3 atom stereocenters. The lowest BCUT2D eigenvalue weighted by Crippen LogP contribution is -2.46. The van der Waals surface area contributed by atoms with Crippen molar-refractivity contribution in [1.29, 1.82) is 0 Å². The van der Waals surface area contributed by atoms with Crippen molar-refractivity contribution < 1.29 is 23.9 Å². The van der Waals surface area contributed by atoms with E-state index in [9.17, 15) is 19.2 Å². The lowest BCUT2D eigenvalue weighted by atomic mass is 9.94. The van der Waals surface area contributed by atoms with Crippen molar-refractivity contribution in [2.24, 2.45) is 0 Å². The molecule has 5 amide bonds. The Hall–Kier alpha value is -3.59. The molecule has 36 heavy (non-hydrogen) atoms. The van der Waals surface area contributed by atoms with Gasteiger partial charge in [-0.2, -0.15) is 0 Å². The maximum atomic E-state index is 13.5. The third-order valence-corrected chi connectivity index (χ3v) is 7.60. The molecule has 2 aromatic rings. The first-order valence-electron chi connectivity index (χ1n) is 12.0. The molecule has 0 aromatic heterocycles. The first-order valence-corrected chi connectivity index (χ1v) is 12.3. The summed E-state index contributed by atoms with van der Waals surface area (Å²) in [6.45, 7) is 1.59. The largest absolute Gasteiger partial charge is 0.427 e. The number of urea groups is 1. The molecule has 188 valence electrons. The Morgan fingerprint density at radius 3 is 2.61 bits per heavy atom. The van der Waals surface area contributed by atoms with E-state index in [1.165, 1.54) is 7.05 Å². The Morgan fingerprint density at radius 2 is 1.89 bits per heavy atom. The number of halogens is 1. The fourth-order valence-corrected chi connectivity index (χ4v) is 5.68. The monoisotopic (exact) mass is 510 g/mol. The number of rotatable bonds is 4.